The summed E-state index contributed by atoms with van der Waals surface area (Å²) in [6.07, 6.45) is 0. The molecule has 2 aromatic rings. The molecular formula is C14H18Cl2N2. The summed E-state index contributed by atoms with van der Waals surface area (Å²) in [6, 6.07) is 6.17. The molecule has 0 spiro atoms. The number of hydrogen-bond acceptors (Lipinski definition) is 1. The molecule has 1 aromatic heterocycles. The van der Waals surface area contributed by atoms with Gasteiger partial charge in [0, 0.05) is 11.1 Å². The molecule has 0 aliphatic heterocycles. The normalized spacial score (nSPS) is 15.3. The predicted molar refractivity (Wildman–Crippen MR) is 78.6 cm³/mol. The number of aromatic nitrogens is 2. The van der Waals surface area contributed by atoms with Crippen molar-refractivity contribution in [3.63, 3.8) is 0 Å². The molecule has 0 amide bonds. The summed E-state index contributed by atoms with van der Waals surface area (Å²) < 4.78 is 2.23. The first kappa shape index (κ1) is 13.7. The fourth-order valence-electron chi connectivity index (χ4n) is 2.10. The van der Waals surface area contributed by atoms with Gasteiger partial charge >= 0.3 is 0 Å². The minimum atomic E-state index is -0.114. The van der Waals surface area contributed by atoms with E-state index in [2.05, 4.69) is 30.3 Å². The predicted octanol–water partition coefficient (Wildman–Crippen LogP) is 5.21. The number of rotatable bonds is 3. The van der Waals surface area contributed by atoms with E-state index in [-0.39, 0.29) is 5.38 Å². The Balaban J connectivity index is 2.70. The van der Waals surface area contributed by atoms with Crippen LogP contribution >= 0.6 is 23.2 Å². The third-order valence-electron chi connectivity index (χ3n) is 3.41. The molecule has 98 valence electrons. The van der Waals surface area contributed by atoms with Crippen LogP contribution in [0, 0.1) is 5.92 Å². The molecule has 0 saturated carbocycles. The van der Waals surface area contributed by atoms with Gasteiger partial charge in [-0.2, -0.15) is 0 Å². The molecule has 0 N–H and O–H groups in total. The SMILES string of the molecule is CC(Cl)c1nc2cc(Cl)ccc2n1C(C)C(C)C. The Morgan fingerprint density at radius 2 is 1.83 bits per heavy atom. The van der Waals surface area contributed by atoms with E-state index in [4.69, 9.17) is 23.2 Å². The molecule has 4 heteroatoms. The molecule has 0 fully saturated rings. The second-order valence-electron chi connectivity index (χ2n) is 5.07. The maximum atomic E-state index is 6.25. The highest BCUT2D eigenvalue weighted by Gasteiger charge is 2.20. The van der Waals surface area contributed by atoms with Crippen LogP contribution in [0.5, 0.6) is 0 Å². The molecule has 2 atom stereocenters. The van der Waals surface area contributed by atoms with Gasteiger partial charge in [0.25, 0.3) is 0 Å². The lowest BCUT2D eigenvalue weighted by Gasteiger charge is -2.21. The molecule has 0 radical (unpaired) electrons. The Morgan fingerprint density at radius 1 is 1.17 bits per heavy atom. The van der Waals surface area contributed by atoms with Crippen LogP contribution in [0.3, 0.4) is 0 Å². The highest BCUT2D eigenvalue weighted by molar-refractivity contribution is 6.31. The van der Waals surface area contributed by atoms with Crippen molar-refractivity contribution in [2.24, 2.45) is 5.92 Å². The van der Waals surface area contributed by atoms with Gasteiger partial charge in [-0.15, -0.1) is 11.6 Å². The van der Waals surface area contributed by atoms with Gasteiger partial charge in [0.1, 0.15) is 5.82 Å². The van der Waals surface area contributed by atoms with Crippen molar-refractivity contribution < 1.29 is 0 Å². The van der Waals surface area contributed by atoms with E-state index in [0.717, 1.165) is 16.9 Å². The van der Waals surface area contributed by atoms with Gasteiger partial charge in [-0.05, 0) is 38.0 Å². The quantitative estimate of drug-likeness (QED) is 0.708. The first-order valence-electron chi connectivity index (χ1n) is 6.23. The van der Waals surface area contributed by atoms with Crippen LogP contribution in [0.15, 0.2) is 18.2 Å². The molecule has 2 rings (SSSR count). The fraction of sp³-hybridized carbons (Fsp3) is 0.500. The fourth-order valence-corrected chi connectivity index (χ4v) is 2.42. The average molecular weight is 285 g/mol. The summed E-state index contributed by atoms with van der Waals surface area (Å²) in [6.45, 7) is 8.56. The lowest BCUT2D eigenvalue weighted by molar-refractivity contribution is 0.405. The summed E-state index contributed by atoms with van der Waals surface area (Å²) in [5, 5.41) is 0.593. The van der Waals surface area contributed by atoms with Crippen LogP contribution in [0.1, 0.15) is 44.9 Å². The molecular weight excluding hydrogens is 267 g/mol. The molecule has 2 unspecified atom stereocenters. The molecule has 0 aliphatic rings. The van der Waals surface area contributed by atoms with Crippen molar-refractivity contribution >= 4 is 34.2 Å². The molecule has 18 heavy (non-hydrogen) atoms. The van der Waals surface area contributed by atoms with Crippen LogP contribution in [-0.2, 0) is 0 Å². The van der Waals surface area contributed by atoms with E-state index in [1.165, 1.54) is 0 Å². The number of imidazole rings is 1. The molecule has 1 aromatic carbocycles. The van der Waals surface area contributed by atoms with E-state index >= 15 is 0 Å². The van der Waals surface area contributed by atoms with Crippen LogP contribution in [-0.4, -0.2) is 9.55 Å². The van der Waals surface area contributed by atoms with Crippen molar-refractivity contribution in [2.45, 2.75) is 39.1 Å². The summed E-state index contributed by atoms with van der Waals surface area (Å²) >= 11 is 12.3. The standard InChI is InChI=1S/C14H18Cl2N2/c1-8(2)10(4)18-13-6-5-11(16)7-12(13)17-14(18)9(3)15/h5-10H,1-4H3. The molecule has 0 bridgehead atoms. The lowest BCUT2D eigenvalue weighted by atomic mass is 10.1. The number of benzene rings is 1. The second kappa shape index (κ2) is 5.10. The van der Waals surface area contributed by atoms with Crippen LogP contribution in [0.25, 0.3) is 11.0 Å². The zero-order valence-corrected chi connectivity index (χ0v) is 12.6. The van der Waals surface area contributed by atoms with E-state index < -0.39 is 0 Å². The maximum absolute atomic E-state index is 6.25. The third kappa shape index (κ3) is 2.36. The van der Waals surface area contributed by atoms with Gasteiger partial charge < -0.3 is 4.57 Å². The van der Waals surface area contributed by atoms with Crippen LogP contribution < -0.4 is 0 Å². The summed E-state index contributed by atoms with van der Waals surface area (Å²) in [5.41, 5.74) is 2.01. The van der Waals surface area contributed by atoms with Crippen molar-refractivity contribution in [3.8, 4) is 0 Å². The third-order valence-corrected chi connectivity index (χ3v) is 3.84. The Labute approximate surface area is 118 Å². The average Bonchev–Trinajstić information content (AvgIpc) is 2.66. The Hall–Kier alpha value is -0.730. The number of fused-ring (bicyclic) bond motifs is 1. The number of halogens is 2. The zero-order chi connectivity index (χ0) is 13.4. The summed E-state index contributed by atoms with van der Waals surface area (Å²) in [7, 11) is 0. The van der Waals surface area contributed by atoms with Gasteiger partial charge in [0.15, 0.2) is 0 Å². The van der Waals surface area contributed by atoms with Crippen LogP contribution in [0.4, 0.5) is 0 Å². The summed E-state index contributed by atoms with van der Waals surface area (Å²) in [4.78, 5) is 4.62. The lowest BCUT2D eigenvalue weighted by Crippen LogP contribution is -2.14. The smallest absolute Gasteiger partial charge is 0.127 e. The van der Waals surface area contributed by atoms with Crippen LogP contribution in [0.2, 0.25) is 5.02 Å². The van der Waals surface area contributed by atoms with E-state index in [1.807, 2.05) is 25.1 Å². The van der Waals surface area contributed by atoms with Crippen molar-refractivity contribution in [1.29, 1.82) is 0 Å². The van der Waals surface area contributed by atoms with Gasteiger partial charge in [-0.1, -0.05) is 25.4 Å². The molecule has 1 heterocycles. The van der Waals surface area contributed by atoms with E-state index in [9.17, 15) is 0 Å². The Kier molecular flexibility index (Phi) is 3.88. The second-order valence-corrected chi connectivity index (χ2v) is 6.16. The topological polar surface area (TPSA) is 17.8 Å². The Bertz CT molecular complexity index is 558. The zero-order valence-electron chi connectivity index (χ0n) is 11.1. The van der Waals surface area contributed by atoms with Gasteiger partial charge in [0.2, 0.25) is 0 Å². The minimum absolute atomic E-state index is 0.114. The molecule has 0 saturated heterocycles. The minimum Gasteiger partial charge on any atom is -0.324 e. The first-order valence-corrected chi connectivity index (χ1v) is 7.04. The number of nitrogens with zero attached hydrogens (tertiary/aromatic N) is 2. The van der Waals surface area contributed by atoms with Crippen molar-refractivity contribution in [1.82, 2.24) is 9.55 Å². The first-order chi connectivity index (χ1) is 8.41. The van der Waals surface area contributed by atoms with Crippen molar-refractivity contribution in [2.75, 3.05) is 0 Å². The maximum Gasteiger partial charge on any atom is 0.127 e. The van der Waals surface area contributed by atoms with Gasteiger partial charge in [0.05, 0.1) is 16.4 Å². The highest BCUT2D eigenvalue weighted by atomic mass is 35.5. The van der Waals surface area contributed by atoms with Gasteiger partial charge in [-0.3, -0.25) is 0 Å². The number of alkyl halides is 1. The summed E-state index contributed by atoms with van der Waals surface area (Å²) in [5.74, 6) is 1.43. The molecule has 2 nitrogen and oxygen atoms in total. The van der Waals surface area contributed by atoms with Crippen molar-refractivity contribution in [3.05, 3.63) is 29.0 Å². The highest BCUT2D eigenvalue weighted by Crippen LogP contribution is 2.31. The largest absolute Gasteiger partial charge is 0.324 e. The monoisotopic (exact) mass is 284 g/mol. The molecule has 0 aliphatic carbocycles. The Morgan fingerprint density at radius 3 is 2.39 bits per heavy atom. The van der Waals surface area contributed by atoms with E-state index in [1.54, 1.807) is 0 Å². The van der Waals surface area contributed by atoms with Gasteiger partial charge in [-0.25, -0.2) is 4.98 Å². The van der Waals surface area contributed by atoms with E-state index in [0.29, 0.717) is 17.0 Å². The number of hydrogen-bond donors (Lipinski definition) is 0.